The Morgan fingerprint density at radius 2 is 1.76 bits per heavy atom. The Hall–Kier alpha value is -1.97. The molecule has 1 amide bonds. The lowest BCUT2D eigenvalue weighted by Crippen LogP contribution is -2.45. The Kier molecular flexibility index (Phi) is 8.60. The predicted octanol–water partition coefficient (Wildman–Crippen LogP) is 3.03. The average molecular weight is 506 g/mol. The van der Waals surface area contributed by atoms with Crippen molar-refractivity contribution in [3.8, 4) is 0 Å². The molecule has 7 nitrogen and oxygen atoms in total. The Bertz CT molecular complexity index is 1070. The van der Waals surface area contributed by atoms with E-state index in [1.165, 1.54) is 9.87 Å². The van der Waals surface area contributed by atoms with Crippen molar-refractivity contribution in [2.45, 2.75) is 31.7 Å². The number of nitrogens with zero attached hydrogens (tertiary/aromatic N) is 2. The van der Waals surface area contributed by atoms with Gasteiger partial charge in [0.15, 0.2) is 0 Å². The lowest BCUT2D eigenvalue weighted by atomic mass is 9.98. The fourth-order valence-electron chi connectivity index (χ4n) is 4.48. The summed E-state index contributed by atoms with van der Waals surface area (Å²) in [5, 5.41) is 3.59. The largest absolute Gasteiger partial charge is 0.379 e. The molecule has 34 heavy (non-hydrogen) atoms. The molecular formula is C25H32ClN3O4S. The summed E-state index contributed by atoms with van der Waals surface area (Å²) in [7, 11) is -3.51. The van der Waals surface area contributed by atoms with Crippen LogP contribution in [0.2, 0.25) is 5.02 Å². The number of morpholine rings is 1. The normalized spacial score (nSPS) is 20.2. The number of rotatable bonds is 8. The molecule has 0 aliphatic carbocycles. The van der Waals surface area contributed by atoms with Gasteiger partial charge in [-0.15, -0.1) is 0 Å². The second kappa shape index (κ2) is 11.6. The van der Waals surface area contributed by atoms with E-state index in [-0.39, 0.29) is 24.1 Å². The molecule has 0 aromatic heterocycles. The number of sulfonamides is 1. The minimum absolute atomic E-state index is 0.0888. The van der Waals surface area contributed by atoms with E-state index in [1.54, 1.807) is 24.3 Å². The summed E-state index contributed by atoms with van der Waals surface area (Å²) in [5.41, 5.74) is 2.95. The molecule has 2 aromatic carbocycles. The van der Waals surface area contributed by atoms with Crippen molar-refractivity contribution in [1.29, 1.82) is 0 Å². The number of amides is 1. The molecule has 2 saturated heterocycles. The number of halogens is 1. The molecule has 2 heterocycles. The highest BCUT2D eigenvalue weighted by atomic mass is 35.5. The van der Waals surface area contributed by atoms with Crippen molar-refractivity contribution in [2.24, 2.45) is 5.92 Å². The smallest absolute Gasteiger partial charge is 0.224 e. The molecular weight excluding hydrogens is 474 g/mol. The van der Waals surface area contributed by atoms with Gasteiger partial charge in [0.1, 0.15) is 0 Å². The molecule has 184 valence electrons. The zero-order valence-corrected chi connectivity index (χ0v) is 20.9. The van der Waals surface area contributed by atoms with Gasteiger partial charge >= 0.3 is 0 Å². The van der Waals surface area contributed by atoms with Crippen LogP contribution in [0.15, 0.2) is 48.5 Å². The van der Waals surface area contributed by atoms with Crippen LogP contribution < -0.4 is 5.32 Å². The van der Waals surface area contributed by atoms with Crippen molar-refractivity contribution in [1.82, 2.24) is 14.5 Å². The third kappa shape index (κ3) is 7.02. The summed E-state index contributed by atoms with van der Waals surface area (Å²) in [6, 6.07) is 15.1. The molecule has 9 heteroatoms. The Morgan fingerprint density at radius 1 is 1.03 bits per heavy atom. The zero-order valence-electron chi connectivity index (χ0n) is 19.3. The van der Waals surface area contributed by atoms with Crippen LogP contribution in [-0.4, -0.2) is 62.9 Å². The lowest BCUT2D eigenvalue weighted by Gasteiger charge is -2.31. The number of carbonyl (C=O) groups excluding carboxylic acids is 1. The summed E-state index contributed by atoms with van der Waals surface area (Å²) >= 11 is 5.90. The molecule has 0 radical (unpaired) electrons. The van der Waals surface area contributed by atoms with E-state index in [2.05, 4.69) is 22.3 Å². The van der Waals surface area contributed by atoms with Crippen molar-refractivity contribution in [3.05, 3.63) is 70.2 Å². The molecule has 2 fully saturated rings. The molecule has 0 saturated carbocycles. The van der Waals surface area contributed by atoms with Gasteiger partial charge in [0.05, 0.1) is 24.9 Å². The summed E-state index contributed by atoms with van der Waals surface area (Å²) in [6.07, 6.45) is 1.36. The molecule has 1 atom stereocenters. The van der Waals surface area contributed by atoms with Gasteiger partial charge in [-0.25, -0.2) is 12.7 Å². The maximum absolute atomic E-state index is 12.9. The molecule has 0 spiro atoms. The Balaban J connectivity index is 1.30. The maximum atomic E-state index is 12.9. The van der Waals surface area contributed by atoms with E-state index >= 15 is 0 Å². The topological polar surface area (TPSA) is 79.0 Å². The summed E-state index contributed by atoms with van der Waals surface area (Å²) in [5.74, 6) is -0.524. The maximum Gasteiger partial charge on any atom is 0.224 e. The minimum Gasteiger partial charge on any atom is -0.379 e. The Morgan fingerprint density at radius 3 is 2.53 bits per heavy atom. The van der Waals surface area contributed by atoms with Gasteiger partial charge < -0.3 is 10.1 Å². The molecule has 1 N–H and O–H groups in total. The van der Waals surface area contributed by atoms with Crippen LogP contribution in [0.5, 0.6) is 0 Å². The predicted molar refractivity (Wildman–Crippen MR) is 133 cm³/mol. The van der Waals surface area contributed by atoms with Crippen LogP contribution in [0, 0.1) is 5.92 Å². The second-order valence-electron chi connectivity index (χ2n) is 9.01. The zero-order chi connectivity index (χ0) is 24.0. The van der Waals surface area contributed by atoms with Crippen molar-refractivity contribution in [2.75, 3.05) is 39.4 Å². The highest BCUT2D eigenvalue weighted by Gasteiger charge is 2.32. The first-order chi connectivity index (χ1) is 16.4. The van der Waals surface area contributed by atoms with E-state index in [1.807, 2.05) is 12.1 Å². The third-order valence-corrected chi connectivity index (χ3v) is 8.45. The number of ether oxygens (including phenoxy) is 1. The highest BCUT2D eigenvalue weighted by molar-refractivity contribution is 7.88. The molecule has 4 rings (SSSR count). The van der Waals surface area contributed by atoms with Gasteiger partial charge in [0.2, 0.25) is 15.9 Å². The highest BCUT2D eigenvalue weighted by Crippen LogP contribution is 2.22. The fraction of sp³-hybridized carbons (Fsp3) is 0.480. The first kappa shape index (κ1) is 25.1. The van der Waals surface area contributed by atoms with Crippen molar-refractivity contribution >= 4 is 27.5 Å². The first-order valence-electron chi connectivity index (χ1n) is 11.8. The SMILES string of the molecule is O=C(NCc1cccc(CN2CCOCC2)c1)[C@@H]1CCCN(S(=O)(=O)Cc2ccc(Cl)cc2)C1. The van der Waals surface area contributed by atoms with Crippen LogP contribution in [-0.2, 0) is 38.4 Å². The van der Waals surface area contributed by atoms with E-state index in [9.17, 15) is 13.2 Å². The van der Waals surface area contributed by atoms with Gasteiger partial charge in [-0.05, 0) is 41.7 Å². The van der Waals surface area contributed by atoms with E-state index in [0.29, 0.717) is 36.5 Å². The van der Waals surface area contributed by atoms with E-state index < -0.39 is 10.0 Å². The number of hydrogen-bond acceptors (Lipinski definition) is 5. The molecule has 2 aromatic rings. The van der Waals surface area contributed by atoms with Crippen LogP contribution in [0.3, 0.4) is 0 Å². The van der Waals surface area contributed by atoms with Crippen LogP contribution in [0.4, 0.5) is 0 Å². The Labute approximate surface area is 207 Å². The molecule has 2 aliphatic rings. The van der Waals surface area contributed by atoms with E-state index in [0.717, 1.165) is 38.4 Å². The molecule has 0 unspecified atom stereocenters. The van der Waals surface area contributed by atoms with Crippen molar-refractivity contribution < 1.29 is 17.9 Å². The van der Waals surface area contributed by atoms with Crippen LogP contribution >= 0.6 is 11.6 Å². The van der Waals surface area contributed by atoms with Gasteiger partial charge in [0, 0.05) is 44.3 Å². The standard InChI is InChI=1S/C25H32ClN3O4S/c26-24-8-6-20(7-9-24)19-34(31,32)29-10-2-5-23(18-29)25(30)27-16-21-3-1-4-22(15-21)17-28-11-13-33-14-12-28/h1,3-4,6-9,15,23H,2,5,10-14,16-19H2,(H,27,30)/t23-/m1/s1. The number of carbonyl (C=O) groups is 1. The second-order valence-corrected chi connectivity index (χ2v) is 11.4. The molecule has 2 aliphatic heterocycles. The third-order valence-electron chi connectivity index (χ3n) is 6.38. The lowest BCUT2D eigenvalue weighted by molar-refractivity contribution is -0.126. The number of hydrogen-bond donors (Lipinski definition) is 1. The van der Waals surface area contributed by atoms with Gasteiger partial charge in [-0.3, -0.25) is 9.69 Å². The quantitative estimate of drug-likeness (QED) is 0.596. The van der Waals surface area contributed by atoms with Crippen LogP contribution in [0.1, 0.15) is 29.5 Å². The van der Waals surface area contributed by atoms with Gasteiger partial charge in [-0.2, -0.15) is 0 Å². The fourth-order valence-corrected chi connectivity index (χ4v) is 6.22. The van der Waals surface area contributed by atoms with E-state index in [4.69, 9.17) is 16.3 Å². The van der Waals surface area contributed by atoms with Crippen LogP contribution in [0.25, 0.3) is 0 Å². The summed E-state index contributed by atoms with van der Waals surface area (Å²) in [4.78, 5) is 15.2. The first-order valence-corrected chi connectivity index (χ1v) is 13.8. The molecule has 0 bridgehead atoms. The minimum atomic E-state index is -3.51. The average Bonchev–Trinajstić information content (AvgIpc) is 2.85. The monoisotopic (exact) mass is 505 g/mol. The summed E-state index contributed by atoms with van der Waals surface area (Å²) < 4.78 is 32.7. The number of piperidine rings is 1. The summed E-state index contributed by atoms with van der Waals surface area (Å²) in [6.45, 7) is 5.37. The number of nitrogens with one attached hydrogen (secondary N) is 1. The van der Waals surface area contributed by atoms with Gasteiger partial charge in [-0.1, -0.05) is 48.0 Å². The van der Waals surface area contributed by atoms with Gasteiger partial charge in [0.25, 0.3) is 0 Å². The number of benzene rings is 2. The van der Waals surface area contributed by atoms with Crippen molar-refractivity contribution in [3.63, 3.8) is 0 Å².